The summed E-state index contributed by atoms with van der Waals surface area (Å²) >= 11 is 3.39. The lowest BCUT2D eigenvalue weighted by Crippen LogP contribution is -2.16. The van der Waals surface area contributed by atoms with E-state index in [4.69, 9.17) is 4.74 Å². The average Bonchev–Trinajstić information content (AvgIpc) is 2.53. The van der Waals surface area contributed by atoms with Crippen molar-refractivity contribution >= 4 is 21.6 Å². The molecule has 1 aliphatic rings. The predicted molar refractivity (Wildman–Crippen MR) is 77.8 cm³/mol. The Morgan fingerprint density at radius 3 is 2.52 bits per heavy atom. The molecular formula is C15H11BrF3NO. The molecule has 0 radical (unpaired) electrons. The number of alkyl halides is 3. The van der Waals surface area contributed by atoms with E-state index in [1.807, 2.05) is 12.1 Å². The van der Waals surface area contributed by atoms with E-state index in [0.717, 1.165) is 22.2 Å². The molecule has 110 valence electrons. The molecule has 6 heteroatoms. The van der Waals surface area contributed by atoms with Crippen LogP contribution in [0.1, 0.15) is 11.1 Å². The smallest absolute Gasteiger partial charge is 0.416 e. The Labute approximate surface area is 128 Å². The molecule has 2 aromatic rings. The Hall–Kier alpha value is -1.69. The lowest BCUT2D eigenvalue weighted by molar-refractivity contribution is -0.137. The number of ether oxygens (including phenoxy) is 1. The van der Waals surface area contributed by atoms with Crippen LogP contribution in [-0.2, 0) is 12.7 Å². The van der Waals surface area contributed by atoms with E-state index in [9.17, 15) is 13.2 Å². The van der Waals surface area contributed by atoms with Crippen LogP contribution in [0.3, 0.4) is 0 Å². The molecule has 1 aliphatic heterocycles. The Balaban J connectivity index is 2.08. The minimum atomic E-state index is -4.36. The van der Waals surface area contributed by atoms with E-state index in [0.29, 0.717) is 23.7 Å². The van der Waals surface area contributed by atoms with Crippen LogP contribution in [0.25, 0.3) is 0 Å². The number of anilines is 1. The molecule has 0 fully saturated rings. The monoisotopic (exact) mass is 357 g/mol. The summed E-state index contributed by atoms with van der Waals surface area (Å²) in [4.78, 5) is 1.75. The number of nitrogens with zero attached hydrogens (tertiary/aromatic N) is 1. The van der Waals surface area contributed by atoms with Gasteiger partial charge >= 0.3 is 6.18 Å². The summed E-state index contributed by atoms with van der Waals surface area (Å²) in [5, 5.41) is 0. The fourth-order valence-electron chi connectivity index (χ4n) is 2.31. The van der Waals surface area contributed by atoms with Crippen molar-refractivity contribution in [3.05, 3.63) is 52.0 Å². The molecule has 0 N–H and O–H groups in total. The summed E-state index contributed by atoms with van der Waals surface area (Å²) in [6.45, 7) is 0.475. The van der Waals surface area contributed by atoms with Gasteiger partial charge in [-0.25, -0.2) is 0 Å². The molecule has 0 saturated carbocycles. The minimum absolute atomic E-state index is 0.423. The van der Waals surface area contributed by atoms with Crippen LogP contribution in [0.15, 0.2) is 40.9 Å². The SMILES string of the molecule is CN1Cc2cc(Br)ccc2Oc2ccc(C(F)(F)F)cc21. The van der Waals surface area contributed by atoms with Crippen LogP contribution < -0.4 is 9.64 Å². The van der Waals surface area contributed by atoms with Crippen LogP contribution in [0.4, 0.5) is 18.9 Å². The molecule has 0 bridgehead atoms. The number of benzene rings is 2. The third-order valence-corrected chi connectivity index (χ3v) is 3.84. The third kappa shape index (κ3) is 2.72. The van der Waals surface area contributed by atoms with E-state index >= 15 is 0 Å². The summed E-state index contributed by atoms with van der Waals surface area (Å²) in [5.74, 6) is 1.08. The van der Waals surface area contributed by atoms with Crippen LogP contribution in [0.5, 0.6) is 11.5 Å². The second-order valence-corrected chi connectivity index (χ2v) is 5.81. The lowest BCUT2D eigenvalue weighted by Gasteiger charge is -2.19. The normalized spacial score (nSPS) is 14.0. The number of hydrogen-bond acceptors (Lipinski definition) is 2. The average molecular weight is 358 g/mol. The van der Waals surface area contributed by atoms with E-state index < -0.39 is 11.7 Å². The Kier molecular flexibility index (Phi) is 3.36. The topological polar surface area (TPSA) is 12.5 Å². The van der Waals surface area contributed by atoms with Crippen LogP contribution in [-0.4, -0.2) is 7.05 Å². The third-order valence-electron chi connectivity index (χ3n) is 3.35. The van der Waals surface area contributed by atoms with Crippen molar-refractivity contribution in [3.63, 3.8) is 0 Å². The maximum atomic E-state index is 12.8. The van der Waals surface area contributed by atoms with Crippen molar-refractivity contribution in [2.75, 3.05) is 11.9 Å². The molecule has 0 atom stereocenters. The zero-order chi connectivity index (χ0) is 15.2. The van der Waals surface area contributed by atoms with Gasteiger partial charge in [0.1, 0.15) is 5.75 Å². The maximum Gasteiger partial charge on any atom is 0.416 e. The lowest BCUT2D eigenvalue weighted by atomic mass is 10.1. The highest BCUT2D eigenvalue weighted by atomic mass is 79.9. The zero-order valence-electron chi connectivity index (χ0n) is 11.0. The van der Waals surface area contributed by atoms with Gasteiger partial charge in [-0.05, 0) is 36.4 Å². The van der Waals surface area contributed by atoms with Crippen LogP contribution >= 0.6 is 15.9 Å². The molecule has 0 spiro atoms. The Morgan fingerprint density at radius 1 is 1.10 bits per heavy atom. The van der Waals surface area contributed by atoms with Crippen LogP contribution in [0, 0.1) is 0 Å². The van der Waals surface area contributed by atoms with Gasteiger partial charge in [0.2, 0.25) is 0 Å². The maximum absolute atomic E-state index is 12.8. The van der Waals surface area contributed by atoms with Gasteiger partial charge in [0.15, 0.2) is 5.75 Å². The summed E-state index contributed by atoms with van der Waals surface area (Å²) in [5.41, 5.74) is 0.664. The first kappa shape index (κ1) is 14.3. The molecule has 0 unspecified atom stereocenters. The number of halogens is 4. The van der Waals surface area contributed by atoms with Crippen molar-refractivity contribution in [2.24, 2.45) is 0 Å². The Bertz CT molecular complexity index is 700. The first-order valence-electron chi connectivity index (χ1n) is 6.23. The quantitative estimate of drug-likeness (QED) is 0.641. The van der Waals surface area contributed by atoms with Crippen molar-refractivity contribution in [1.82, 2.24) is 0 Å². The zero-order valence-corrected chi connectivity index (χ0v) is 12.6. The van der Waals surface area contributed by atoms with Crippen LogP contribution in [0.2, 0.25) is 0 Å². The van der Waals surface area contributed by atoms with Gasteiger partial charge in [-0.3, -0.25) is 0 Å². The van der Waals surface area contributed by atoms with Gasteiger partial charge in [-0.1, -0.05) is 15.9 Å². The number of rotatable bonds is 0. The summed E-state index contributed by atoms with van der Waals surface area (Å²) < 4.78 is 45.2. The largest absolute Gasteiger partial charge is 0.455 e. The fourth-order valence-corrected chi connectivity index (χ4v) is 2.72. The van der Waals surface area contributed by atoms with Gasteiger partial charge in [-0.15, -0.1) is 0 Å². The first-order chi connectivity index (χ1) is 9.84. The number of fused-ring (bicyclic) bond motifs is 2. The molecule has 21 heavy (non-hydrogen) atoms. The second kappa shape index (κ2) is 4.94. The predicted octanol–water partition coefficient (Wildman–Crippen LogP) is 5.21. The van der Waals surface area contributed by atoms with E-state index in [1.165, 1.54) is 6.07 Å². The molecular weight excluding hydrogens is 347 g/mol. The highest BCUT2D eigenvalue weighted by Crippen LogP contribution is 2.42. The van der Waals surface area contributed by atoms with Gasteiger partial charge in [0, 0.05) is 23.6 Å². The van der Waals surface area contributed by atoms with Gasteiger partial charge in [0.05, 0.1) is 11.3 Å². The molecule has 0 amide bonds. The Morgan fingerprint density at radius 2 is 1.81 bits per heavy atom. The molecule has 0 aliphatic carbocycles. The molecule has 0 saturated heterocycles. The molecule has 1 heterocycles. The van der Waals surface area contributed by atoms with Gasteiger partial charge in [-0.2, -0.15) is 13.2 Å². The fraction of sp³-hybridized carbons (Fsp3) is 0.200. The summed E-state index contributed by atoms with van der Waals surface area (Å²) in [6, 6.07) is 9.08. The molecule has 2 aromatic carbocycles. The van der Waals surface area contributed by atoms with Crippen molar-refractivity contribution < 1.29 is 17.9 Å². The van der Waals surface area contributed by atoms with Gasteiger partial charge < -0.3 is 9.64 Å². The first-order valence-corrected chi connectivity index (χ1v) is 7.02. The minimum Gasteiger partial charge on any atom is -0.455 e. The summed E-state index contributed by atoms with van der Waals surface area (Å²) in [6.07, 6.45) is -4.36. The van der Waals surface area contributed by atoms with Gasteiger partial charge in [0.25, 0.3) is 0 Å². The highest BCUT2D eigenvalue weighted by Gasteiger charge is 2.32. The second-order valence-electron chi connectivity index (χ2n) is 4.89. The van der Waals surface area contributed by atoms with Crippen molar-refractivity contribution in [1.29, 1.82) is 0 Å². The number of hydrogen-bond donors (Lipinski definition) is 0. The van der Waals surface area contributed by atoms with E-state index in [1.54, 1.807) is 18.0 Å². The molecule has 3 rings (SSSR count). The van der Waals surface area contributed by atoms with E-state index in [-0.39, 0.29) is 0 Å². The molecule has 2 nitrogen and oxygen atoms in total. The standard InChI is InChI=1S/C15H11BrF3NO/c1-20-8-9-6-11(16)3-5-13(9)21-14-4-2-10(7-12(14)20)15(17,18)19/h2-7H,8H2,1H3. The highest BCUT2D eigenvalue weighted by molar-refractivity contribution is 9.10. The summed E-state index contributed by atoms with van der Waals surface area (Å²) in [7, 11) is 1.75. The molecule has 0 aromatic heterocycles. The van der Waals surface area contributed by atoms with Crippen molar-refractivity contribution in [3.8, 4) is 11.5 Å². The van der Waals surface area contributed by atoms with Crippen molar-refractivity contribution in [2.45, 2.75) is 12.7 Å². The van der Waals surface area contributed by atoms with E-state index in [2.05, 4.69) is 15.9 Å².